The van der Waals surface area contributed by atoms with Gasteiger partial charge in [-0.3, -0.25) is 0 Å². The summed E-state index contributed by atoms with van der Waals surface area (Å²) in [5, 5.41) is 0. The maximum atomic E-state index is 4.48. The van der Waals surface area contributed by atoms with Gasteiger partial charge in [0.2, 0.25) is 0 Å². The van der Waals surface area contributed by atoms with Gasteiger partial charge in [0.05, 0.1) is 6.04 Å². The highest BCUT2D eigenvalue weighted by Gasteiger charge is 2.24. The van der Waals surface area contributed by atoms with Crippen molar-refractivity contribution >= 4 is 5.70 Å². The van der Waals surface area contributed by atoms with Crippen LogP contribution < -0.4 is 0 Å². The summed E-state index contributed by atoms with van der Waals surface area (Å²) in [6.07, 6.45) is 1.94. The third kappa shape index (κ3) is 5.22. The Bertz CT molecular complexity index is 675. The number of nitrogens with zero attached hydrogens (tertiary/aromatic N) is 1. The summed E-state index contributed by atoms with van der Waals surface area (Å²) < 4.78 is 0. The van der Waals surface area contributed by atoms with Crippen molar-refractivity contribution in [1.29, 1.82) is 0 Å². The maximum Gasteiger partial charge on any atom is 0.0545 e. The second kappa shape index (κ2) is 8.89. The monoisotopic (exact) mass is 337 g/mol. The van der Waals surface area contributed by atoms with Crippen molar-refractivity contribution in [2.45, 2.75) is 66.3 Å². The van der Waals surface area contributed by atoms with Crippen LogP contribution in [-0.2, 0) is 0 Å². The lowest BCUT2D eigenvalue weighted by atomic mass is 9.90. The van der Waals surface area contributed by atoms with Crippen molar-refractivity contribution < 1.29 is 0 Å². The molecule has 0 heterocycles. The van der Waals surface area contributed by atoms with E-state index >= 15 is 0 Å². The smallest absolute Gasteiger partial charge is 0.0545 e. The van der Waals surface area contributed by atoms with Gasteiger partial charge in [-0.1, -0.05) is 62.9 Å². The minimum absolute atomic E-state index is 0.182. The zero-order valence-electron chi connectivity index (χ0n) is 17.1. The number of hydrogen-bond acceptors (Lipinski definition) is 1. The Kier molecular flexibility index (Phi) is 7.48. The van der Waals surface area contributed by atoms with Crippen LogP contribution in [0.5, 0.6) is 0 Å². The second-order valence-electron chi connectivity index (χ2n) is 7.60. The van der Waals surface area contributed by atoms with Crippen molar-refractivity contribution in [3.8, 4) is 0 Å². The lowest BCUT2D eigenvalue weighted by Gasteiger charge is -2.37. The third-order valence-electron chi connectivity index (χ3n) is 4.64. The van der Waals surface area contributed by atoms with Crippen LogP contribution in [0, 0.1) is 6.92 Å². The summed E-state index contributed by atoms with van der Waals surface area (Å²) in [5.74, 6) is 0.442. The molecule has 0 aliphatic rings. The average molecular weight is 338 g/mol. The normalized spacial score (nSPS) is 12.0. The summed E-state index contributed by atoms with van der Waals surface area (Å²) in [6.45, 7) is 29.8. The quantitative estimate of drug-likeness (QED) is 0.430. The van der Waals surface area contributed by atoms with E-state index in [0.29, 0.717) is 5.92 Å². The Morgan fingerprint density at radius 1 is 1.04 bits per heavy atom. The topological polar surface area (TPSA) is 3.24 Å². The highest BCUT2D eigenvalue weighted by Crippen LogP contribution is 2.35. The van der Waals surface area contributed by atoms with Gasteiger partial charge in [0.25, 0.3) is 0 Å². The Labute approximate surface area is 155 Å². The molecule has 0 saturated heterocycles. The molecule has 1 atom stereocenters. The van der Waals surface area contributed by atoms with Crippen LogP contribution in [-0.4, -0.2) is 10.9 Å². The first kappa shape index (κ1) is 21.0. The Balaban J connectivity index is 3.40. The molecule has 136 valence electrons. The Hall–Kier alpha value is -2.02. The third-order valence-corrected chi connectivity index (χ3v) is 4.64. The molecule has 0 radical (unpaired) electrons. The summed E-state index contributed by atoms with van der Waals surface area (Å²) in [6, 6.07) is 6.68. The largest absolute Gasteiger partial charge is 0.339 e. The minimum atomic E-state index is 0.182. The highest BCUT2D eigenvalue weighted by molar-refractivity contribution is 5.70. The van der Waals surface area contributed by atoms with E-state index in [2.05, 4.69) is 91.0 Å². The molecule has 0 amide bonds. The molecule has 0 aliphatic heterocycles. The molecule has 0 spiro atoms. The van der Waals surface area contributed by atoms with Crippen LogP contribution >= 0.6 is 0 Å². The number of benzene rings is 1. The van der Waals surface area contributed by atoms with E-state index in [0.717, 1.165) is 29.8 Å². The zero-order valence-corrected chi connectivity index (χ0v) is 17.1. The van der Waals surface area contributed by atoms with Crippen LogP contribution in [0.4, 0.5) is 0 Å². The molecule has 1 nitrogen and oxygen atoms in total. The van der Waals surface area contributed by atoms with Gasteiger partial charge in [-0.05, 0) is 57.6 Å². The molecule has 0 saturated carbocycles. The first-order valence-electron chi connectivity index (χ1n) is 9.11. The van der Waals surface area contributed by atoms with Gasteiger partial charge in [0, 0.05) is 17.0 Å². The van der Waals surface area contributed by atoms with E-state index in [4.69, 9.17) is 0 Å². The molecule has 0 bridgehead atoms. The predicted octanol–water partition coefficient (Wildman–Crippen LogP) is 7.23. The van der Waals surface area contributed by atoms with Crippen LogP contribution in [0.3, 0.4) is 0 Å². The van der Waals surface area contributed by atoms with Gasteiger partial charge in [-0.2, -0.15) is 0 Å². The fourth-order valence-electron chi connectivity index (χ4n) is 3.35. The molecule has 1 aromatic rings. The molecule has 0 N–H and O–H groups in total. The van der Waals surface area contributed by atoms with Crippen molar-refractivity contribution in [2.24, 2.45) is 0 Å². The molecule has 1 rings (SSSR count). The predicted molar refractivity (Wildman–Crippen MR) is 114 cm³/mol. The highest BCUT2D eigenvalue weighted by atomic mass is 15.2. The molecular weight excluding hydrogens is 302 g/mol. The molecule has 1 unspecified atom stereocenters. The first-order chi connectivity index (χ1) is 11.6. The lowest BCUT2D eigenvalue weighted by molar-refractivity contribution is 0.379. The Morgan fingerprint density at radius 2 is 1.64 bits per heavy atom. The van der Waals surface area contributed by atoms with E-state index in [1.54, 1.807) is 0 Å². The van der Waals surface area contributed by atoms with Gasteiger partial charge in [-0.15, -0.1) is 6.58 Å². The first-order valence-corrected chi connectivity index (χ1v) is 9.11. The van der Waals surface area contributed by atoms with E-state index < -0.39 is 0 Å². The molecule has 1 heteroatoms. The van der Waals surface area contributed by atoms with Crippen molar-refractivity contribution in [1.82, 2.24) is 4.90 Å². The summed E-state index contributed by atoms with van der Waals surface area (Å²) in [4.78, 5) is 2.26. The van der Waals surface area contributed by atoms with Gasteiger partial charge in [0.1, 0.15) is 0 Å². The molecule has 0 fully saturated rings. The van der Waals surface area contributed by atoms with Crippen LogP contribution in [0.2, 0.25) is 0 Å². The summed E-state index contributed by atoms with van der Waals surface area (Å²) >= 11 is 0. The molecule has 25 heavy (non-hydrogen) atoms. The van der Waals surface area contributed by atoms with E-state index in [9.17, 15) is 0 Å². The molecule has 0 aliphatic carbocycles. The van der Waals surface area contributed by atoms with E-state index in [1.165, 1.54) is 22.3 Å². The van der Waals surface area contributed by atoms with Crippen molar-refractivity contribution in [3.05, 3.63) is 78.0 Å². The Morgan fingerprint density at radius 3 is 2.08 bits per heavy atom. The van der Waals surface area contributed by atoms with Crippen LogP contribution in [0.1, 0.15) is 70.1 Å². The molecule has 1 aromatic carbocycles. The van der Waals surface area contributed by atoms with Crippen molar-refractivity contribution in [2.75, 3.05) is 0 Å². The van der Waals surface area contributed by atoms with Gasteiger partial charge in [0.15, 0.2) is 0 Å². The van der Waals surface area contributed by atoms with E-state index in [1.807, 2.05) is 0 Å². The van der Waals surface area contributed by atoms with Gasteiger partial charge >= 0.3 is 0 Å². The standard InChI is InChI=1S/C24H35N/c1-16(2)14-15-23(18(5)6)25(19(7)8)21(10)24-20(9)12-11-13-22(24)17(3)4/h11-13,17,23H,1,5,7,10,14-15H2,2-4,6,8-9H3. The zero-order chi connectivity index (χ0) is 19.3. The molecule has 0 aromatic heterocycles. The maximum absolute atomic E-state index is 4.48. The fourth-order valence-corrected chi connectivity index (χ4v) is 3.35. The SMILES string of the molecule is C=C(C)CCC(C(=C)C)N(C(=C)C)C(=C)c1c(C)cccc1C(C)C. The van der Waals surface area contributed by atoms with Crippen molar-refractivity contribution in [3.63, 3.8) is 0 Å². The average Bonchev–Trinajstić information content (AvgIpc) is 2.49. The van der Waals surface area contributed by atoms with Crippen LogP contribution in [0.25, 0.3) is 5.70 Å². The number of aryl methyl sites for hydroxylation is 1. The van der Waals surface area contributed by atoms with Gasteiger partial charge in [-0.25, -0.2) is 0 Å². The summed E-state index contributed by atoms with van der Waals surface area (Å²) in [7, 11) is 0. The number of allylic oxidation sites excluding steroid dienone is 2. The molecular formula is C24H35N. The van der Waals surface area contributed by atoms with E-state index in [-0.39, 0.29) is 6.04 Å². The summed E-state index contributed by atoms with van der Waals surface area (Å²) in [5.41, 5.74) is 8.16. The van der Waals surface area contributed by atoms with Crippen LogP contribution in [0.15, 0.2) is 61.4 Å². The number of rotatable bonds is 9. The minimum Gasteiger partial charge on any atom is -0.339 e. The second-order valence-corrected chi connectivity index (χ2v) is 7.60. The lowest BCUT2D eigenvalue weighted by Crippen LogP contribution is -2.33. The number of hydrogen-bond donors (Lipinski definition) is 0. The fraction of sp³-hybridized carbons (Fsp3) is 0.417. The van der Waals surface area contributed by atoms with Gasteiger partial charge < -0.3 is 4.90 Å².